The second-order valence-electron chi connectivity index (χ2n) is 6.74. The summed E-state index contributed by atoms with van der Waals surface area (Å²) >= 11 is 1.47. The van der Waals surface area contributed by atoms with Gasteiger partial charge in [0.05, 0.1) is 19.6 Å². The van der Waals surface area contributed by atoms with Crippen LogP contribution >= 0.6 is 11.3 Å². The van der Waals surface area contributed by atoms with E-state index in [-0.39, 0.29) is 24.8 Å². The highest BCUT2D eigenvalue weighted by molar-refractivity contribution is 7.10. The van der Waals surface area contributed by atoms with E-state index in [0.717, 1.165) is 10.4 Å². The zero-order chi connectivity index (χ0) is 20.4. The lowest BCUT2D eigenvalue weighted by atomic mass is 10.0. The first-order valence-electron chi connectivity index (χ1n) is 9.10. The number of ether oxygens (including phenoxy) is 1. The molecule has 0 saturated heterocycles. The molecule has 0 fully saturated rings. The van der Waals surface area contributed by atoms with Gasteiger partial charge in [0.1, 0.15) is 18.1 Å². The van der Waals surface area contributed by atoms with E-state index in [1.54, 1.807) is 25.3 Å². The molecule has 0 aliphatic carbocycles. The summed E-state index contributed by atoms with van der Waals surface area (Å²) in [5.41, 5.74) is 1.90. The molecule has 0 saturated carbocycles. The number of methoxy groups -OCH3 is 1. The molecule has 148 valence electrons. The van der Waals surface area contributed by atoms with Crippen LogP contribution in [0.4, 0.5) is 10.1 Å². The van der Waals surface area contributed by atoms with Crippen molar-refractivity contribution in [2.75, 3.05) is 19.0 Å². The van der Waals surface area contributed by atoms with Crippen LogP contribution in [0.3, 0.4) is 0 Å². The number of nitrogens with one attached hydrogen (secondary N) is 1. The second-order valence-corrected chi connectivity index (χ2v) is 7.72. The van der Waals surface area contributed by atoms with Crippen LogP contribution < -0.4 is 10.1 Å². The van der Waals surface area contributed by atoms with Crippen LogP contribution in [0.2, 0.25) is 0 Å². The summed E-state index contributed by atoms with van der Waals surface area (Å²) in [7, 11) is 1.58. The lowest BCUT2D eigenvalue weighted by Gasteiger charge is -2.29. The van der Waals surface area contributed by atoms with Crippen molar-refractivity contribution in [1.82, 2.24) is 4.90 Å². The normalized spacial score (nSPS) is 16.0. The zero-order valence-electron chi connectivity index (χ0n) is 15.7. The predicted molar refractivity (Wildman–Crippen MR) is 110 cm³/mol. The van der Waals surface area contributed by atoms with Crippen LogP contribution in [-0.4, -0.2) is 30.4 Å². The van der Waals surface area contributed by atoms with E-state index in [1.807, 2.05) is 29.6 Å². The molecule has 3 aromatic rings. The Kier molecular flexibility index (Phi) is 5.31. The van der Waals surface area contributed by atoms with Gasteiger partial charge in [0.2, 0.25) is 11.8 Å². The third-order valence-electron chi connectivity index (χ3n) is 4.86. The highest BCUT2D eigenvalue weighted by Gasteiger charge is 2.34. The van der Waals surface area contributed by atoms with Gasteiger partial charge in [0, 0.05) is 16.1 Å². The molecule has 7 heteroatoms. The number of benzene rings is 2. The Balaban J connectivity index is 1.72. The fourth-order valence-corrected chi connectivity index (χ4v) is 4.34. The van der Waals surface area contributed by atoms with Gasteiger partial charge in [-0.25, -0.2) is 4.39 Å². The Labute approximate surface area is 171 Å². The summed E-state index contributed by atoms with van der Waals surface area (Å²) in [6.07, 6.45) is 0.129. The van der Waals surface area contributed by atoms with Gasteiger partial charge in [0.15, 0.2) is 0 Å². The van der Waals surface area contributed by atoms with Crippen molar-refractivity contribution in [2.24, 2.45) is 0 Å². The van der Waals surface area contributed by atoms with Crippen LogP contribution in [0.5, 0.6) is 5.75 Å². The van der Waals surface area contributed by atoms with E-state index < -0.39 is 11.9 Å². The molecule has 5 nitrogen and oxygen atoms in total. The molecule has 1 aliphatic rings. The van der Waals surface area contributed by atoms with E-state index in [9.17, 15) is 14.0 Å². The molecule has 29 heavy (non-hydrogen) atoms. The summed E-state index contributed by atoms with van der Waals surface area (Å²) in [5, 5.41) is 4.70. The number of fused-ring (bicyclic) bond motifs is 1. The Bertz CT molecular complexity index is 1030. The maximum Gasteiger partial charge on any atom is 0.244 e. The third kappa shape index (κ3) is 4.00. The molecule has 2 aromatic carbocycles. The first kappa shape index (κ1) is 19.1. The van der Waals surface area contributed by atoms with Crippen LogP contribution in [0.25, 0.3) is 0 Å². The van der Waals surface area contributed by atoms with E-state index in [1.165, 1.54) is 28.4 Å². The second kappa shape index (κ2) is 8.05. The number of thiophene rings is 1. The van der Waals surface area contributed by atoms with Crippen molar-refractivity contribution in [3.8, 4) is 5.75 Å². The lowest BCUT2D eigenvalue weighted by molar-refractivity contribution is -0.135. The lowest BCUT2D eigenvalue weighted by Crippen LogP contribution is -2.39. The van der Waals surface area contributed by atoms with Gasteiger partial charge < -0.3 is 15.0 Å². The first-order valence-corrected chi connectivity index (χ1v) is 9.98. The van der Waals surface area contributed by atoms with Gasteiger partial charge >= 0.3 is 0 Å². The molecular formula is C22H19FN2O3S. The van der Waals surface area contributed by atoms with Crippen LogP contribution in [0, 0.1) is 5.82 Å². The van der Waals surface area contributed by atoms with Crippen molar-refractivity contribution in [2.45, 2.75) is 12.5 Å². The monoisotopic (exact) mass is 410 g/mol. The van der Waals surface area contributed by atoms with E-state index in [0.29, 0.717) is 17.0 Å². The summed E-state index contributed by atoms with van der Waals surface area (Å²) < 4.78 is 19.2. The van der Waals surface area contributed by atoms with E-state index in [4.69, 9.17) is 4.74 Å². The van der Waals surface area contributed by atoms with Gasteiger partial charge in [-0.2, -0.15) is 0 Å². The molecule has 0 spiro atoms. The third-order valence-corrected chi connectivity index (χ3v) is 5.78. The average Bonchev–Trinajstić information content (AvgIpc) is 3.19. The summed E-state index contributed by atoms with van der Waals surface area (Å²) in [5.74, 6) is -0.221. The number of anilines is 1. The fourth-order valence-electron chi connectivity index (χ4n) is 3.48. The van der Waals surface area contributed by atoms with Crippen molar-refractivity contribution in [1.29, 1.82) is 0 Å². The molecule has 1 unspecified atom stereocenters. The Morgan fingerprint density at radius 1 is 1.24 bits per heavy atom. The van der Waals surface area contributed by atoms with Crippen molar-refractivity contribution < 1.29 is 18.7 Å². The molecule has 1 N–H and O–H groups in total. The molecular weight excluding hydrogens is 391 g/mol. The standard InChI is InChI=1S/C22H19FN2O3S/c1-28-16-7-4-14(5-8-16)11-21(27)25-13-20(26)24-18-9-6-15(23)12-17(18)22(25)19-3-2-10-29-19/h2-10,12,22H,11,13H2,1H3,(H,24,26). The SMILES string of the molecule is COc1ccc(CC(=O)N2CC(=O)Nc3ccc(F)cc3C2c2cccs2)cc1. The highest BCUT2D eigenvalue weighted by atomic mass is 32.1. The minimum Gasteiger partial charge on any atom is -0.497 e. The number of hydrogen-bond acceptors (Lipinski definition) is 4. The van der Waals surface area contributed by atoms with Gasteiger partial charge in [-0.05, 0) is 47.3 Å². The van der Waals surface area contributed by atoms with Crippen LogP contribution in [0.1, 0.15) is 22.0 Å². The van der Waals surface area contributed by atoms with Gasteiger partial charge in [0.25, 0.3) is 0 Å². The fraction of sp³-hybridized carbons (Fsp3) is 0.182. The molecule has 2 amide bonds. The maximum absolute atomic E-state index is 14.1. The largest absolute Gasteiger partial charge is 0.497 e. The molecule has 0 bridgehead atoms. The van der Waals surface area contributed by atoms with Crippen LogP contribution in [-0.2, 0) is 16.0 Å². The van der Waals surface area contributed by atoms with Gasteiger partial charge in [-0.3, -0.25) is 9.59 Å². The van der Waals surface area contributed by atoms with E-state index in [2.05, 4.69) is 5.32 Å². The maximum atomic E-state index is 14.1. The van der Waals surface area contributed by atoms with Crippen molar-refractivity contribution >= 4 is 28.8 Å². The van der Waals surface area contributed by atoms with Gasteiger partial charge in [-0.1, -0.05) is 18.2 Å². The summed E-state index contributed by atoms with van der Waals surface area (Å²) in [6, 6.07) is 14.7. The molecule has 2 heterocycles. The van der Waals surface area contributed by atoms with Crippen molar-refractivity contribution in [3.63, 3.8) is 0 Å². The topological polar surface area (TPSA) is 58.6 Å². The Morgan fingerprint density at radius 3 is 2.72 bits per heavy atom. The number of rotatable bonds is 4. The number of amides is 2. The molecule has 0 radical (unpaired) electrons. The molecule has 1 atom stereocenters. The van der Waals surface area contributed by atoms with Crippen LogP contribution in [0.15, 0.2) is 60.0 Å². The number of carbonyl (C=O) groups excluding carboxylic acids is 2. The summed E-state index contributed by atoms with van der Waals surface area (Å²) in [6.45, 7) is -0.103. The van der Waals surface area contributed by atoms with Gasteiger partial charge in [-0.15, -0.1) is 11.3 Å². The minimum atomic E-state index is -0.537. The molecule has 1 aromatic heterocycles. The first-order chi connectivity index (χ1) is 14.0. The number of hydrogen-bond donors (Lipinski definition) is 1. The minimum absolute atomic E-state index is 0.103. The van der Waals surface area contributed by atoms with E-state index >= 15 is 0 Å². The average molecular weight is 410 g/mol. The quantitative estimate of drug-likeness (QED) is 0.707. The zero-order valence-corrected chi connectivity index (χ0v) is 16.5. The number of nitrogens with zero attached hydrogens (tertiary/aromatic N) is 1. The number of carbonyl (C=O) groups is 2. The Hall–Kier alpha value is -3.19. The summed E-state index contributed by atoms with van der Waals surface area (Å²) in [4.78, 5) is 28.1. The highest BCUT2D eigenvalue weighted by Crippen LogP contribution is 2.38. The predicted octanol–water partition coefficient (Wildman–Crippen LogP) is 4.01. The molecule has 1 aliphatic heterocycles. The Morgan fingerprint density at radius 2 is 2.03 bits per heavy atom. The molecule has 4 rings (SSSR count). The number of halogens is 1. The smallest absolute Gasteiger partial charge is 0.244 e. The van der Waals surface area contributed by atoms with Crippen molar-refractivity contribution in [3.05, 3.63) is 81.8 Å².